The van der Waals surface area contributed by atoms with Crippen LogP contribution in [0.3, 0.4) is 0 Å². The summed E-state index contributed by atoms with van der Waals surface area (Å²) in [5.74, 6) is -0.166. The first-order chi connectivity index (χ1) is 12.1. The van der Waals surface area contributed by atoms with Gasteiger partial charge in [0.15, 0.2) is 0 Å². The van der Waals surface area contributed by atoms with Crippen LogP contribution in [-0.4, -0.2) is 42.0 Å². The maximum atomic E-state index is 13.7. The monoisotopic (exact) mass is 341 g/mol. The molecule has 1 saturated heterocycles. The minimum atomic E-state index is -0.166. The van der Waals surface area contributed by atoms with E-state index in [0.29, 0.717) is 31.7 Å². The van der Waals surface area contributed by atoms with E-state index in [1.54, 1.807) is 6.07 Å². The molecular weight excluding hydrogens is 317 g/mol. The Kier molecular flexibility index (Phi) is 5.66. The molecule has 1 aliphatic rings. The highest BCUT2D eigenvalue weighted by Crippen LogP contribution is 2.12. The van der Waals surface area contributed by atoms with Crippen molar-refractivity contribution in [2.75, 3.05) is 26.2 Å². The lowest BCUT2D eigenvalue weighted by atomic mass is 10.1. The first kappa shape index (κ1) is 17.4. The molecule has 0 radical (unpaired) electrons. The number of amides is 2. The van der Waals surface area contributed by atoms with Crippen molar-refractivity contribution in [2.45, 2.75) is 20.0 Å². The summed E-state index contributed by atoms with van der Waals surface area (Å²) in [5, 5.41) is 2.98. The summed E-state index contributed by atoms with van der Waals surface area (Å²) >= 11 is 0. The topological polar surface area (TPSA) is 35.6 Å². The van der Waals surface area contributed by atoms with E-state index in [0.717, 1.165) is 18.7 Å². The molecule has 0 bridgehead atoms. The number of carbonyl (C=O) groups is 1. The number of carbonyl (C=O) groups excluding carboxylic acids is 1. The van der Waals surface area contributed by atoms with Crippen molar-refractivity contribution in [3.05, 3.63) is 71.0 Å². The van der Waals surface area contributed by atoms with Gasteiger partial charge >= 0.3 is 6.03 Å². The van der Waals surface area contributed by atoms with Gasteiger partial charge in [0.2, 0.25) is 0 Å². The Hall–Kier alpha value is -2.40. The fraction of sp³-hybridized carbons (Fsp3) is 0.350. The molecule has 132 valence electrons. The number of hydrogen-bond acceptors (Lipinski definition) is 2. The van der Waals surface area contributed by atoms with Gasteiger partial charge in [-0.2, -0.15) is 0 Å². The molecule has 0 aromatic heterocycles. The summed E-state index contributed by atoms with van der Waals surface area (Å²) in [7, 11) is 0. The van der Waals surface area contributed by atoms with Crippen LogP contribution in [0.5, 0.6) is 0 Å². The molecule has 4 nitrogen and oxygen atoms in total. The highest BCUT2D eigenvalue weighted by Gasteiger charge is 2.21. The van der Waals surface area contributed by atoms with Gasteiger partial charge in [-0.3, -0.25) is 4.90 Å². The van der Waals surface area contributed by atoms with Gasteiger partial charge in [-0.25, -0.2) is 9.18 Å². The van der Waals surface area contributed by atoms with E-state index in [4.69, 9.17) is 0 Å². The lowest BCUT2D eigenvalue weighted by Crippen LogP contribution is -2.51. The van der Waals surface area contributed by atoms with Crippen molar-refractivity contribution in [1.29, 1.82) is 0 Å². The van der Waals surface area contributed by atoms with Gasteiger partial charge < -0.3 is 10.2 Å². The lowest BCUT2D eigenvalue weighted by molar-refractivity contribution is 0.134. The van der Waals surface area contributed by atoms with Crippen molar-refractivity contribution < 1.29 is 9.18 Å². The molecule has 0 unspecified atom stereocenters. The molecule has 2 amide bonds. The molecule has 3 rings (SSSR count). The van der Waals surface area contributed by atoms with Crippen LogP contribution >= 0.6 is 0 Å². The molecule has 1 heterocycles. The number of piperazine rings is 1. The molecular formula is C20H24FN3O. The second kappa shape index (κ2) is 8.12. The molecule has 1 aliphatic heterocycles. The van der Waals surface area contributed by atoms with Crippen LogP contribution in [0.25, 0.3) is 0 Å². The quantitative estimate of drug-likeness (QED) is 0.927. The maximum absolute atomic E-state index is 13.7. The molecule has 5 heteroatoms. The first-order valence-corrected chi connectivity index (χ1v) is 8.66. The van der Waals surface area contributed by atoms with Crippen molar-refractivity contribution >= 4 is 6.03 Å². The summed E-state index contributed by atoms with van der Waals surface area (Å²) in [6.07, 6.45) is 0. The van der Waals surface area contributed by atoms with E-state index in [1.807, 2.05) is 42.2 Å². The number of aryl methyl sites for hydroxylation is 1. The van der Waals surface area contributed by atoms with Crippen LogP contribution in [0.1, 0.15) is 16.7 Å². The minimum absolute atomic E-state index is 0.0351. The van der Waals surface area contributed by atoms with Crippen LogP contribution in [0.2, 0.25) is 0 Å². The van der Waals surface area contributed by atoms with Crippen LogP contribution in [0.4, 0.5) is 9.18 Å². The van der Waals surface area contributed by atoms with Crippen molar-refractivity contribution in [3.8, 4) is 0 Å². The van der Waals surface area contributed by atoms with Gasteiger partial charge in [0, 0.05) is 44.8 Å². The average molecular weight is 341 g/mol. The standard InChI is InChI=1S/C20H24FN3O/c1-16-5-4-6-17(13-16)14-22-20(25)24-11-9-23(10-12-24)15-18-7-2-3-8-19(18)21/h2-8,13H,9-12,14-15H2,1H3,(H,22,25). The summed E-state index contributed by atoms with van der Waals surface area (Å²) in [4.78, 5) is 16.3. The highest BCUT2D eigenvalue weighted by molar-refractivity contribution is 5.74. The van der Waals surface area contributed by atoms with Gasteiger partial charge in [0.25, 0.3) is 0 Å². The number of nitrogens with zero attached hydrogens (tertiary/aromatic N) is 2. The lowest BCUT2D eigenvalue weighted by Gasteiger charge is -2.34. The van der Waals surface area contributed by atoms with Crippen LogP contribution in [0.15, 0.2) is 48.5 Å². The average Bonchev–Trinajstić information content (AvgIpc) is 2.62. The smallest absolute Gasteiger partial charge is 0.317 e. The van der Waals surface area contributed by atoms with E-state index in [2.05, 4.69) is 16.3 Å². The molecule has 1 fully saturated rings. The van der Waals surface area contributed by atoms with Crippen molar-refractivity contribution in [2.24, 2.45) is 0 Å². The second-order valence-electron chi connectivity index (χ2n) is 6.50. The van der Waals surface area contributed by atoms with Gasteiger partial charge in [-0.05, 0) is 18.6 Å². The van der Waals surface area contributed by atoms with Crippen LogP contribution < -0.4 is 5.32 Å². The third-order valence-electron chi connectivity index (χ3n) is 4.54. The molecule has 0 spiro atoms. The zero-order valence-electron chi connectivity index (χ0n) is 14.5. The Morgan fingerprint density at radius 3 is 2.56 bits per heavy atom. The zero-order valence-corrected chi connectivity index (χ0v) is 14.5. The number of halogens is 1. The van der Waals surface area contributed by atoms with E-state index in [-0.39, 0.29) is 11.8 Å². The van der Waals surface area contributed by atoms with E-state index >= 15 is 0 Å². The van der Waals surface area contributed by atoms with E-state index in [9.17, 15) is 9.18 Å². The number of urea groups is 1. The molecule has 2 aromatic rings. The van der Waals surface area contributed by atoms with Gasteiger partial charge in [-0.1, -0.05) is 48.0 Å². The molecule has 0 atom stereocenters. The normalized spacial score (nSPS) is 15.2. The Balaban J connectivity index is 1.45. The molecule has 25 heavy (non-hydrogen) atoms. The number of nitrogens with one attached hydrogen (secondary N) is 1. The molecule has 0 saturated carbocycles. The van der Waals surface area contributed by atoms with Crippen molar-refractivity contribution in [3.63, 3.8) is 0 Å². The second-order valence-corrected chi connectivity index (χ2v) is 6.50. The number of hydrogen-bond donors (Lipinski definition) is 1. The Bertz CT molecular complexity index is 726. The highest BCUT2D eigenvalue weighted by atomic mass is 19.1. The summed E-state index contributed by atoms with van der Waals surface area (Å²) in [6, 6.07) is 15.0. The minimum Gasteiger partial charge on any atom is -0.334 e. The molecule has 2 aromatic carbocycles. The van der Waals surface area contributed by atoms with Gasteiger partial charge in [0.05, 0.1) is 0 Å². The van der Waals surface area contributed by atoms with E-state index < -0.39 is 0 Å². The predicted octanol–water partition coefficient (Wildman–Crippen LogP) is 3.16. The summed E-state index contributed by atoms with van der Waals surface area (Å²) in [5.41, 5.74) is 3.00. The maximum Gasteiger partial charge on any atom is 0.317 e. The SMILES string of the molecule is Cc1cccc(CNC(=O)N2CCN(Cc3ccccc3F)CC2)c1. The van der Waals surface area contributed by atoms with Gasteiger partial charge in [-0.15, -0.1) is 0 Å². The summed E-state index contributed by atoms with van der Waals surface area (Å²) < 4.78 is 13.7. The number of rotatable bonds is 4. The molecule has 0 aliphatic carbocycles. The largest absolute Gasteiger partial charge is 0.334 e. The predicted molar refractivity (Wildman–Crippen MR) is 96.7 cm³/mol. The Morgan fingerprint density at radius 1 is 1.08 bits per heavy atom. The van der Waals surface area contributed by atoms with E-state index in [1.165, 1.54) is 11.6 Å². The van der Waals surface area contributed by atoms with Gasteiger partial charge in [0.1, 0.15) is 5.82 Å². The van der Waals surface area contributed by atoms with Crippen LogP contribution in [0, 0.1) is 12.7 Å². The number of benzene rings is 2. The van der Waals surface area contributed by atoms with Crippen LogP contribution in [-0.2, 0) is 13.1 Å². The van der Waals surface area contributed by atoms with Crippen molar-refractivity contribution in [1.82, 2.24) is 15.1 Å². The fourth-order valence-electron chi connectivity index (χ4n) is 3.09. The Morgan fingerprint density at radius 2 is 1.84 bits per heavy atom. The zero-order chi connectivity index (χ0) is 17.6. The summed E-state index contributed by atoms with van der Waals surface area (Å²) in [6.45, 7) is 6.00. The first-order valence-electron chi connectivity index (χ1n) is 8.66. The molecule has 1 N–H and O–H groups in total. The third kappa shape index (κ3) is 4.79. The Labute approximate surface area is 148 Å². The fourth-order valence-corrected chi connectivity index (χ4v) is 3.09. The third-order valence-corrected chi connectivity index (χ3v) is 4.54.